The van der Waals surface area contributed by atoms with Crippen molar-refractivity contribution in [1.82, 2.24) is 20.2 Å². The fourth-order valence-electron chi connectivity index (χ4n) is 2.95. The normalized spacial score (nSPS) is 14.0. The van der Waals surface area contributed by atoms with E-state index < -0.39 is 0 Å². The van der Waals surface area contributed by atoms with Gasteiger partial charge in [0.15, 0.2) is 0 Å². The van der Waals surface area contributed by atoms with Crippen LogP contribution in [0.5, 0.6) is 5.75 Å². The zero-order valence-corrected chi connectivity index (χ0v) is 15.5. The third kappa shape index (κ3) is 4.52. The molecule has 1 fully saturated rings. The zero-order valence-electron chi connectivity index (χ0n) is 15.5. The standard InChI is InChI=1S/C19H23N5O3/c1-14(25)23-7-9-24(10-8-23)19-21-12-16(13-22-19)18(26)20-11-15-5-3-4-6-17(15)27-2/h3-6,12-13H,7-11H2,1-2H3,(H,20,26). The van der Waals surface area contributed by atoms with Crippen molar-refractivity contribution in [3.05, 3.63) is 47.8 Å². The van der Waals surface area contributed by atoms with Gasteiger partial charge in [0.2, 0.25) is 11.9 Å². The van der Waals surface area contributed by atoms with Crippen molar-refractivity contribution in [2.45, 2.75) is 13.5 Å². The SMILES string of the molecule is COc1ccccc1CNC(=O)c1cnc(N2CCN(C(C)=O)CC2)nc1. The van der Waals surface area contributed by atoms with Crippen LogP contribution in [0.1, 0.15) is 22.8 Å². The first kappa shape index (κ1) is 18.6. The minimum absolute atomic E-state index is 0.0811. The number of rotatable bonds is 5. The van der Waals surface area contributed by atoms with Gasteiger partial charge in [0.1, 0.15) is 5.75 Å². The Bertz CT molecular complexity index is 801. The highest BCUT2D eigenvalue weighted by Crippen LogP contribution is 2.17. The number of amides is 2. The summed E-state index contributed by atoms with van der Waals surface area (Å²) in [6, 6.07) is 7.53. The molecule has 0 aliphatic carbocycles. The molecule has 0 bridgehead atoms. The van der Waals surface area contributed by atoms with Crippen LogP contribution in [0.4, 0.5) is 5.95 Å². The average molecular weight is 369 g/mol. The van der Waals surface area contributed by atoms with E-state index in [-0.39, 0.29) is 11.8 Å². The van der Waals surface area contributed by atoms with Crippen molar-refractivity contribution in [3.8, 4) is 5.75 Å². The number of benzene rings is 1. The van der Waals surface area contributed by atoms with Gasteiger partial charge in [-0.3, -0.25) is 9.59 Å². The molecular formula is C19H23N5O3. The van der Waals surface area contributed by atoms with Crippen LogP contribution in [0.25, 0.3) is 0 Å². The molecule has 0 spiro atoms. The molecule has 1 aromatic heterocycles. The molecule has 0 atom stereocenters. The fraction of sp³-hybridized carbons (Fsp3) is 0.368. The molecule has 1 aromatic carbocycles. The molecule has 27 heavy (non-hydrogen) atoms. The van der Waals surface area contributed by atoms with Crippen LogP contribution >= 0.6 is 0 Å². The molecule has 2 amide bonds. The van der Waals surface area contributed by atoms with Crippen LogP contribution in [-0.4, -0.2) is 60.0 Å². The zero-order chi connectivity index (χ0) is 19.2. The summed E-state index contributed by atoms with van der Waals surface area (Å²) in [4.78, 5) is 36.2. The molecular weight excluding hydrogens is 346 g/mol. The molecule has 2 heterocycles. The van der Waals surface area contributed by atoms with Crippen LogP contribution in [0, 0.1) is 0 Å². The number of piperazine rings is 1. The summed E-state index contributed by atoms with van der Waals surface area (Å²) in [5, 5.41) is 2.85. The Morgan fingerprint density at radius 3 is 2.41 bits per heavy atom. The van der Waals surface area contributed by atoms with Gasteiger partial charge in [0.05, 0.1) is 12.7 Å². The second-order valence-electron chi connectivity index (χ2n) is 6.26. The van der Waals surface area contributed by atoms with Gasteiger partial charge in [-0.1, -0.05) is 18.2 Å². The van der Waals surface area contributed by atoms with Crippen LogP contribution < -0.4 is 15.0 Å². The minimum Gasteiger partial charge on any atom is -0.496 e. The summed E-state index contributed by atoms with van der Waals surface area (Å²) in [7, 11) is 1.60. The summed E-state index contributed by atoms with van der Waals surface area (Å²) < 4.78 is 5.28. The first-order chi connectivity index (χ1) is 13.1. The van der Waals surface area contributed by atoms with Crippen molar-refractivity contribution >= 4 is 17.8 Å². The Morgan fingerprint density at radius 2 is 1.78 bits per heavy atom. The maximum Gasteiger partial charge on any atom is 0.254 e. The number of carbonyl (C=O) groups is 2. The number of hydrogen-bond donors (Lipinski definition) is 1. The lowest BCUT2D eigenvalue weighted by Gasteiger charge is -2.34. The number of carbonyl (C=O) groups excluding carboxylic acids is 2. The van der Waals surface area contributed by atoms with E-state index in [1.54, 1.807) is 18.9 Å². The molecule has 0 unspecified atom stereocenters. The molecule has 2 aromatic rings. The molecule has 3 rings (SSSR count). The quantitative estimate of drug-likeness (QED) is 0.849. The monoisotopic (exact) mass is 369 g/mol. The van der Waals surface area contributed by atoms with Crippen molar-refractivity contribution < 1.29 is 14.3 Å². The number of nitrogens with one attached hydrogen (secondary N) is 1. The van der Waals surface area contributed by atoms with E-state index in [0.29, 0.717) is 44.2 Å². The predicted octanol–water partition coefficient (Wildman–Crippen LogP) is 1.08. The second kappa shape index (κ2) is 8.48. The number of hydrogen-bond acceptors (Lipinski definition) is 6. The number of ether oxygens (including phenoxy) is 1. The summed E-state index contributed by atoms with van der Waals surface area (Å²) in [5.74, 6) is 1.14. The Hall–Kier alpha value is -3.16. The van der Waals surface area contributed by atoms with Gasteiger partial charge < -0.3 is 19.9 Å². The molecule has 0 saturated carbocycles. The average Bonchev–Trinajstić information content (AvgIpc) is 2.72. The topological polar surface area (TPSA) is 87.7 Å². The summed E-state index contributed by atoms with van der Waals surface area (Å²) >= 11 is 0. The molecule has 1 saturated heterocycles. The lowest BCUT2D eigenvalue weighted by molar-refractivity contribution is -0.129. The highest BCUT2D eigenvalue weighted by Gasteiger charge is 2.20. The largest absolute Gasteiger partial charge is 0.496 e. The summed E-state index contributed by atoms with van der Waals surface area (Å²) in [5.41, 5.74) is 1.30. The van der Waals surface area contributed by atoms with E-state index in [1.165, 1.54) is 12.4 Å². The summed E-state index contributed by atoms with van der Waals surface area (Å²) in [6.45, 7) is 4.60. The van der Waals surface area contributed by atoms with Crippen LogP contribution in [0.3, 0.4) is 0 Å². The molecule has 8 heteroatoms. The van der Waals surface area contributed by atoms with E-state index in [2.05, 4.69) is 15.3 Å². The van der Waals surface area contributed by atoms with Crippen LogP contribution in [0.2, 0.25) is 0 Å². The maximum atomic E-state index is 12.3. The highest BCUT2D eigenvalue weighted by molar-refractivity contribution is 5.93. The van der Waals surface area contributed by atoms with Gasteiger partial charge in [-0.25, -0.2) is 9.97 Å². The highest BCUT2D eigenvalue weighted by atomic mass is 16.5. The number of para-hydroxylation sites is 1. The molecule has 0 radical (unpaired) electrons. The van der Waals surface area contributed by atoms with E-state index >= 15 is 0 Å². The van der Waals surface area contributed by atoms with Crippen molar-refractivity contribution in [2.24, 2.45) is 0 Å². The van der Waals surface area contributed by atoms with Crippen molar-refractivity contribution in [2.75, 3.05) is 38.2 Å². The third-order valence-corrected chi connectivity index (χ3v) is 4.54. The summed E-state index contributed by atoms with van der Waals surface area (Å²) in [6.07, 6.45) is 3.05. The Labute approximate surface area is 158 Å². The number of aromatic nitrogens is 2. The number of methoxy groups -OCH3 is 1. The van der Waals surface area contributed by atoms with E-state index in [1.807, 2.05) is 29.2 Å². The first-order valence-electron chi connectivity index (χ1n) is 8.81. The van der Waals surface area contributed by atoms with Gasteiger partial charge in [0.25, 0.3) is 5.91 Å². The minimum atomic E-state index is -0.242. The van der Waals surface area contributed by atoms with Gasteiger partial charge in [-0.2, -0.15) is 0 Å². The molecule has 8 nitrogen and oxygen atoms in total. The second-order valence-corrected chi connectivity index (χ2v) is 6.26. The number of anilines is 1. The lowest BCUT2D eigenvalue weighted by atomic mass is 10.2. The molecule has 1 N–H and O–H groups in total. The third-order valence-electron chi connectivity index (χ3n) is 4.54. The van der Waals surface area contributed by atoms with Gasteiger partial charge in [0, 0.05) is 57.6 Å². The smallest absolute Gasteiger partial charge is 0.254 e. The van der Waals surface area contributed by atoms with Crippen LogP contribution in [0.15, 0.2) is 36.7 Å². The fourth-order valence-corrected chi connectivity index (χ4v) is 2.95. The van der Waals surface area contributed by atoms with Gasteiger partial charge in [-0.05, 0) is 6.07 Å². The van der Waals surface area contributed by atoms with Crippen molar-refractivity contribution in [3.63, 3.8) is 0 Å². The van der Waals surface area contributed by atoms with Gasteiger partial charge >= 0.3 is 0 Å². The molecule has 1 aliphatic rings. The molecule has 142 valence electrons. The molecule has 1 aliphatic heterocycles. The Kier molecular flexibility index (Phi) is 5.85. The van der Waals surface area contributed by atoms with E-state index in [9.17, 15) is 9.59 Å². The van der Waals surface area contributed by atoms with E-state index in [0.717, 1.165) is 11.3 Å². The van der Waals surface area contributed by atoms with Gasteiger partial charge in [-0.15, -0.1) is 0 Å². The maximum absolute atomic E-state index is 12.3. The van der Waals surface area contributed by atoms with Crippen molar-refractivity contribution in [1.29, 1.82) is 0 Å². The number of nitrogens with zero attached hydrogens (tertiary/aromatic N) is 4. The first-order valence-corrected chi connectivity index (χ1v) is 8.81. The lowest BCUT2D eigenvalue weighted by Crippen LogP contribution is -2.48. The Morgan fingerprint density at radius 1 is 1.11 bits per heavy atom. The van der Waals surface area contributed by atoms with Crippen LogP contribution in [-0.2, 0) is 11.3 Å². The Balaban J connectivity index is 1.57. The predicted molar refractivity (Wildman–Crippen MR) is 101 cm³/mol. The van der Waals surface area contributed by atoms with E-state index in [4.69, 9.17) is 4.74 Å².